The molecule has 1 rings (SSSR count). The molecular weight excluding hydrogens is 288 g/mol. The van der Waals surface area contributed by atoms with E-state index in [1.54, 1.807) is 17.8 Å². The summed E-state index contributed by atoms with van der Waals surface area (Å²) in [5.74, 6) is -0.364. The van der Waals surface area contributed by atoms with Crippen LogP contribution in [0.5, 0.6) is 0 Å². The zero-order valence-corrected chi connectivity index (χ0v) is 11.9. The Bertz CT molecular complexity index is 391. The van der Waals surface area contributed by atoms with Gasteiger partial charge in [-0.25, -0.2) is 4.79 Å². The molecule has 1 aromatic carbocycles. The number of carboxylic acids is 1. The lowest BCUT2D eigenvalue weighted by atomic mass is 10.2. The molecular formula is C12H15BrO2S. The van der Waals surface area contributed by atoms with Crippen molar-refractivity contribution in [3.8, 4) is 0 Å². The molecule has 0 spiro atoms. The standard InChI is InChI=1S/C12H15BrO2S/c1-7(2)8(3)16-10-6-4-5-9(13)11(10)12(14)15/h4-8H,1-3H3,(H,14,15). The molecule has 16 heavy (non-hydrogen) atoms. The van der Waals surface area contributed by atoms with Crippen LogP contribution < -0.4 is 0 Å². The minimum atomic E-state index is -0.883. The molecule has 88 valence electrons. The Hall–Kier alpha value is -0.480. The molecule has 1 N–H and O–H groups in total. The third-order valence-corrected chi connectivity index (χ3v) is 4.61. The second kappa shape index (κ2) is 5.73. The fourth-order valence-electron chi connectivity index (χ4n) is 1.15. The molecule has 1 aromatic rings. The molecule has 0 bridgehead atoms. The highest BCUT2D eigenvalue weighted by atomic mass is 79.9. The van der Waals surface area contributed by atoms with Gasteiger partial charge in [-0.15, -0.1) is 11.8 Å². The third-order valence-electron chi connectivity index (χ3n) is 2.44. The smallest absolute Gasteiger partial charge is 0.337 e. The lowest BCUT2D eigenvalue weighted by Gasteiger charge is -2.16. The second-order valence-electron chi connectivity index (χ2n) is 3.99. The Kier molecular flexibility index (Phi) is 4.87. The third kappa shape index (κ3) is 3.25. The SMILES string of the molecule is CC(C)C(C)Sc1cccc(Br)c1C(=O)O. The molecule has 0 radical (unpaired) electrons. The summed E-state index contributed by atoms with van der Waals surface area (Å²) < 4.78 is 0.640. The predicted octanol–water partition coefficient (Wildman–Crippen LogP) is 4.28. The largest absolute Gasteiger partial charge is 0.478 e. The molecule has 0 aliphatic carbocycles. The minimum Gasteiger partial charge on any atom is -0.478 e. The van der Waals surface area contributed by atoms with E-state index in [2.05, 4.69) is 36.7 Å². The lowest BCUT2D eigenvalue weighted by molar-refractivity contribution is 0.0692. The Morgan fingerprint density at radius 2 is 2.00 bits per heavy atom. The molecule has 4 heteroatoms. The van der Waals surface area contributed by atoms with Crippen LogP contribution >= 0.6 is 27.7 Å². The van der Waals surface area contributed by atoms with Crippen molar-refractivity contribution in [3.63, 3.8) is 0 Å². The van der Waals surface area contributed by atoms with Crippen LogP contribution in [0.4, 0.5) is 0 Å². The van der Waals surface area contributed by atoms with Crippen LogP contribution in [0, 0.1) is 5.92 Å². The Morgan fingerprint density at radius 1 is 1.38 bits per heavy atom. The number of benzene rings is 1. The van der Waals surface area contributed by atoms with Crippen molar-refractivity contribution in [2.24, 2.45) is 5.92 Å². The topological polar surface area (TPSA) is 37.3 Å². The first kappa shape index (κ1) is 13.6. The molecule has 0 saturated carbocycles. The highest BCUT2D eigenvalue weighted by Crippen LogP contribution is 2.33. The summed E-state index contributed by atoms with van der Waals surface area (Å²) in [6, 6.07) is 5.48. The number of carbonyl (C=O) groups is 1. The van der Waals surface area contributed by atoms with Gasteiger partial charge in [-0.2, -0.15) is 0 Å². The number of halogens is 1. The molecule has 2 nitrogen and oxygen atoms in total. The number of thioether (sulfide) groups is 1. The summed E-state index contributed by atoms with van der Waals surface area (Å²) in [6.07, 6.45) is 0. The van der Waals surface area contributed by atoms with E-state index in [0.29, 0.717) is 21.2 Å². The van der Waals surface area contributed by atoms with Gasteiger partial charge >= 0.3 is 5.97 Å². The fourth-order valence-corrected chi connectivity index (χ4v) is 2.96. The monoisotopic (exact) mass is 302 g/mol. The maximum atomic E-state index is 11.2. The molecule has 1 unspecified atom stereocenters. The van der Waals surface area contributed by atoms with E-state index >= 15 is 0 Å². The average molecular weight is 303 g/mol. The zero-order chi connectivity index (χ0) is 12.3. The van der Waals surface area contributed by atoms with E-state index in [9.17, 15) is 4.79 Å². The van der Waals surface area contributed by atoms with Crippen LogP contribution in [0.1, 0.15) is 31.1 Å². The Morgan fingerprint density at radius 3 is 2.50 bits per heavy atom. The van der Waals surface area contributed by atoms with Crippen molar-refractivity contribution in [2.75, 3.05) is 0 Å². The van der Waals surface area contributed by atoms with Crippen LogP contribution in [0.2, 0.25) is 0 Å². The van der Waals surface area contributed by atoms with Crippen molar-refractivity contribution >= 4 is 33.7 Å². The predicted molar refractivity (Wildman–Crippen MR) is 71.3 cm³/mol. The van der Waals surface area contributed by atoms with E-state index in [1.165, 1.54) is 0 Å². The van der Waals surface area contributed by atoms with Crippen LogP contribution in [0.15, 0.2) is 27.6 Å². The van der Waals surface area contributed by atoms with Crippen molar-refractivity contribution in [2.45, 2.75) is 30.9 Å². The van der Waals surface area contributed by atoms with Gasteiger partial charge in [-0.3, -0.25) is 0 Å². The van der Waals surface area contributed by atoms with Crippen molar-refractivity contribution in [1.82, 2.24) is 0 Å². The molecule has 0 amide bonds. The quantitative estimate of drug-likeness (QED) is 0.843. The highest BCUT2D eigenvalue weighted by molar-refractivity contribution is 9.10. The number of rotatable bonds is 4. The van der Waals surface area contributed by atoms with Gasteiger partial charge in [-0.05, 0) is 34.0 Å². The lowest BCUT2D eigenvalue weighted by Crippen LogP contribution is -2.08. The van der Waals surface area contributed by atoms with E-state index in [-0.39, 0.29) is 0 Å². The number of hydrogen-bond donors (Lipinski definition) is 1. The maximum absolute atomic E-state index is 11.2. The average Bonchev–Trinajstić information content (AvgIpc) is 2.16. The molecule has 0 heterocycles. The summed E-state index contributed by atoms with van der Waals surface area (Å²) in [7, 11) is 0. The van der Waals surface area contributed by atoms with Crippen LogP contribution in [0.3, 0.4) is 0 Å². The summed E-state index contributed by atoms with van der Waals surface area (Å²) in [6.45, 7) is 6.38. The van der Waals surface area contributed by atoms with Gasteiger partial charge in [0.1, 0.15) is 0 Å². The number of hydrogen-bond acceptors (Lipinski definition) is 2. The molecule has 0 aliphatic rings. The number of aromatic carboxylic acids is 1. The van der Waals surface area contributed by atoms with Gasteiger partial charge in [0.2, 0.25) is 0 Å². The minimum absolute atomic E-state index is 0.361. The van der Waals surface area contributed by atoms with Crippen molar-refractivity contribution in [3.05, 3.63) is 28.2 Å². The molecule has 0 aliphatic heterocycles. The van der Waals surface area contributed by atoms with E-state index in [1.807, 2.05) is 12.1 Å². The normalized spacial score (nSPS) is 12.8. The zero-order valence-electron chi connectivity index (χ0n) is 9.53. The summed E-state index contributed by atoms with van der Waals surface area (Å²) in [5.41, 5.74) is 0.361. The highest BCUT2D eigenvalue weighted by Gasteiger charge is 2.17. The van der Waals surface area contributed by atoms with Gasteiger partial charge in [-0.1, -0.05) is 26.8 Å². The first-order valence-electron chi connectivity index (χ1n) is 5.12. The first-order chi connectivity index (χ1) is 7.43. The van der Waals surface area contributed by atoms with Gasteiger partial charge < -0.3 is 5.11 Å². The van der Waals surface area contributed by atoms with Gasteiger partial charge in [0.25, 0.3) is 0 Å². The van der Waals surface area contributed by atoms with Crippen LogP contribution in [-0.4, -0.2) is 16.3 Å². The summed E-state index contributed by atoms with van der Waals surface area (Å²) >= 11 is 4.89. The number of carboxylic acid groups (broad SMARTS) is 1. The van der Waals surface area contributed by atoms with E-state index < -0.39 is 5.97 Å². The van der Waals surface area contributed by atoms with Crippen LogP contribution in [-0.2, 0) is 0 Å². The van der Waals surface area contributed by atoms with Crippen molar-refractivity contribution < 1.29 is 9.90 Å². The van der Waals surface area contributed by atoms with Gasteiger partial charge in [0.05, 0.1) is 5.56 Å². The van der Waals surface area contributed by atoms with Gasteiger partial charge in [0, 0.05) is 14.6 Å². The second-order valence-corrected chi connectivity index (χ2v) is 6.26. The van der Waals surface area contributed by atoms with Gasteiger partial charge in [0.15, 0.2) is 0 Å². The van der Waals surface area contributed by atoms with E-state index in [0.717, 1.165) is 4.90 Å². The molecule has 0 aromatic heterocycles. The van der Waals surface area contributed by atoms with E-state index in [4.69, 9.17) is 5.11 Å². The molecule has 0 fully saturated rings. The maximum Gasteiger partial charge on any atom is 0.337 e. The fraction of sp³-hybridized carbons (Fsp3) is 0.417. The molecule has 0 saturated heterocycles. The molecule has 1 atom stereocenters. The Labute approximate surface area is 109 Å². The Balaban J connectivity index is 3.04. The summed E-state index contributed by atoms with van der Waals surface area (Å²) in [5, 5.41) is 9.55. The summed E-state index contributed by atoms with van der Waals surface area (Å²) in [4.78, 5) is 12.0. The van der Waals surface area contributed by atoms with Crippen LogP contribution in [0.25, 0.3) is 0 Å². The first-order valence-corrected chi connectivity index (χ1v) is 6.79. The van der Waals surface area contributed by atoms with Crippen molar-refractivity contribution in [1.29, 1.82) is 0 Å².